The molecule has 0 aliphatic heterocycles. The highest BCUT2D eigenvalue weighted by molar-refractivity contribution is 5.64. The van der Waals surface area contributed by atoms with Gasteiger partial charge in [-0.25, -0.2) is 5.43 Å². The van der Waals surface area contributed by atoms with E-state index in [1.165, 1.54) is 0 Å². The fourth-order valence-electron chi connectivity index (χ4n) is 1.60. The molecule has 0 fully saturated rings. The van der Waals surface area contributed by atoms with Crippen molar-refractivity contribution in [2.45, 2.75) is 24.4 Å². The van der Waals surface area contributed by atoms with Crippen LogP contribution in [0.4, 0.5) is 17.8 Å². The van der Waals surface area contributed by atoms with Gasteiger partial charge in [0.25, 0.3) is 0 Å². The number of aromatic nitrogens is 3. The highest BCUT2D eigenvalue weighted by Crippen LogP contribution is 2.13. The van der Waals surface area contributed by atoms with Crippen molar-refractivity contribution in [3.63, 3.8) is 0 Å². The summed E-state index contributed by atoms with van der Waals surface area (Å²) in [5, 5.41) is 50.6. The molecule has 0 amide bonds. The molecule has 0 saturated heterocycles. The fraction of sp³-hybridized carbons (Fsp3) is 0.692. The van der Waals surface area contributed by atoms with Crippen LogP contribution in [0.15, 0.2) is 5.10 Å². The summed E-state index contributed by atoms with van der Waals surface area (Å²) < 4.78 is 0. The molecule has 12 nitrogen and oxygen atoms in total. The van der Waals surface area contributed by atoms with Crippen LogP contribution in [-0.4, -0.2) is 106 Å². The van der Waals surface area contributed by atoms with Gasteiger partial charge in [0.2, 0.25) is 17.8 Å². The Morgan fingerprint density at radius 1 is 0.960 bits per heavy atom. The maximum absolute atomic E-state index is 9.73. The van der Waals surface area contributed by atoms with Crippen LogP contribution in [0.25, 0.3) is 0 Å². The van der Waals surface area contributed by atoms with Crippen LogP contribution >= 0.6 is 0 Å². The first kappa shape index (κ1) is 20.9. The van der Waals surface area contributed by atoms with Gasteiger partial charge in [0.1, 0.15) is 24.4 Å². The maximum atomic E-state index is 9.73. The summed E-state index contributed by atoms with van der Waals surface area (Å²) in [6.45, 7) is -0.758. The van der Waals surface area contributed by atoms with Gasteiger partial charge >= 0.3 is 0 Å². The van der Waals surface area contributed by atoms with E-state index in [1.807, 2.05) is 0 Å². The van der Waals surface area contributed by atoms with E-state index in [9.17, 15) is 20.4 Å². The molecule has 6 N–H and O–H groups in total. The summed E-state index contributed by atoms with van der Waals surface area (Å²) in [6.07, 6.45) is -5.73. The van der Waals surface area contributed by atoms with Gasteiger partial charge in [-0.2, -0.15) is 20.1 Å². The van der Waals surface area contributed by atoms with Crippen molar-refractivity contribution in [1.82, 2.24) is 15.0 Å². The molecule has 0 aromatic carbocycles. The highest BCUT2D eigenvalue weighted by Gasteiger charge is 2.29. The zero-order valence-corrected chi connectivity index (χ0v) is 14.5. The quantitative estimate of drug-likeness (QED) is 0.194. The number of nitrogens with zero attached hydrogens (tertiary/aromatic N) is 6. The van der Waals surface area contributed by atoms with Gasteiger partial charge in [0, 0.05) is 28.2 Å². The van der Waals surface area contributed by atoms with E-state index in [0.717, 1.165) is 6.21 Å². The summed E-state index contributed by atoms with van der Waals surface area (Å²) in [6, 6.07) is 0. The third-order valence-electron chi connectivity index (χ3n) is 3.08. The van der Waals surface area contributed by atoms with Crippen LogP contribution in [0.5, 0.6) is 0 Å². The van der Waals surface area contributed by atoms with E-state index in [1.54, 1.807) is 38.0 Å². The summed E-state index contributed by atoms with van der Waals surface area (Å²) >= 11 is 0. The second kappa shape index (κ2) is 9.39. The van der Waals surface area contributed by atoms with Gasteiger partial charge in [-0.05, 0) is 0 Å². The van der Waals surface area contributed by atoms with Crippen LogP contribution in [0, 0.1) is 0 Å². The lowest BCUT2D eigenvalue weighted by molar-refractivity contribution is -0.0999. The molecule has 1 aromatic rings. The summed E-state index contributed by atoms with van der Waals surface area (Å²) in [4.78, 5) is 15.8. The topological polar surface area (TPSA) is 171 Å². The van der Waals surface area contributed by atoms with Crippen molar-refractivity contribution in [3.8, 4) is 0 Å². The zero-order valence-electron chi connectivity index (χ0n) is 14.5. The Morgan fingerprint density at radius 3 is 1.92 bits per heavy atom. The Morgan fingerprint density at radius 2 is 1.48 bits per heavy atom. The molecule has 12 heteroatoms. The molecule has 0 aliphatic rings. The first-order chi connectivity index (χ1) is 11.7. The van der Waals surface area contributed by atoms with Crippen molar-refractivity contribution in [1.29, 1.82) is 0 Å². The van der Waals surface area contributed by atoms with Crippen LogP contribution in [-0.2, 0) is 0 Å². The molecule has 4 atom stereocenters. The Balaban J connectivity index is 2.81. The maximum Gasteiger partial charge on any atom is 0.250 e. The number of anilines is 3. The highest BCUT2D eigenvalue weighted by atomic mass is 16.4. The van der Waals surface area contributed by atoms with Gasteiger partial charge in [-0.3, -0.25) is 0 Å². The fourth-order valence-corrected chi connectivity index (χ4v) is 1.60. The standard InChI is InChI=1S/C13H25N7O5/c1-19(2)12-15-11(16-13(17-12)20(3)4)18-14-5-7(22)9(24)10(25)8(23)6-21/h5,7-10,21-25H,6H2,1-4H3,(H,15,16,17,18). The minimum Gasteiger partial charge on any atom is -0.394 e. The van der Waals surface area contributed by atoms with E-state index in [0.29, 0.717) is 11.9 Å². The summed E-state index contributed by atoms with van der Waals surface area (Å²) in [5.74, 6) is 0.883. The number of aliphatic hydroxyl groups is 5. The molecule has 25 heavy (non-hydrogen) atoms. The third-order valence-corrected chi connectivity index (χ3v) is 3.08. The number of rotatable bonds is 9. The normalized spacial score (nSPS) is 16.4. The van der Waals surface area contributed by atoms with E-state index >= 15 is 0 Å². The lowest BCUT2D eigenvalue weighted by Gasteiger charge is -2.23. The van der Waals surface area contributed by atoms with Gasteiger partial charge < -0.3 is 35.3 Å². The number of hydrogen-bond acceptors (Lipinski definition) is 12. The summed E-state index contributed by atoms with van der Waals surface area (Å²) in [7, 11) is 7.04. The molecule has 0 radical (unpaired) electrons. The van der Waals surface area contributed by atoms with Crippen molar-refractivity contribution >= 4 is 24.1 Å². The average Bonchev–Trinajstić information content (AvgIpc) is 2.59. The Hall–Kier alpha value is -2.12. The van der Waals surface area contributed by atoms with Crippen molar-refractivity contribution in [2.24, 2.45) is 5.10 Å². The van der Waals surface area contributed by atoms with Gasteiger partial charge in [0.15, 0.2) is 0 Å². The van der Waals surface area contributed by atoms with Crippen LogP contribution in [0.3, 0.4) is 0 Å². The first-order valence-electron chi connectivity index (χ1n) is 7.40. The Labute approximate surface area is 145 Å². The van der Waals surface area contributed by atoms with E-state index in [4.69, 9.17) is 5.11 Å². The lowest BCUT2D eigenvalue weighted by Crippen LogP contribution is -2.46. The second-order valence-electron chi connectivity index (χ2n) is 5.66. The minimum absolute atomic E-state index is 0.108. The molecule has 0 saturated carbocycles. The number of nitrogens with one attached hydrogen (secondary N) is 1. The second-order valence-corrected chi connectivity index (χ2v) is 5.66. The predicted octanol–water partition coefficient (Wildman–Crippen LogP) is -3.16. The monoisotopic (exact) mass is 359 g/mol. The summed E-state index contributed by atoms with van der Waals surface area (Å²) in [5.41, 5.74) is 2.49. The Bertz CT molecular complexity index is 545. The van der Waals surface area contributed by atoms with Gasteiger partial charge in [-0.15, -0.1) is 0 Å². The predicted molar refractivity (Wildman–Crippen MR) is 91.7 cm³/mol. The minimum atomic E-state index is -1.74. The molecule has 0 spiro atoms. The SMILES string of the molecule is CN(C)c1nc(NN=CC(O)C(O)C(O)C(O)CO)nc(N(C)C)n1. The average molecular weight is 359 g/mol. The number of hydrogen-bond donors (Lipinski definition) is 6. The molecule has 1 aromatic heterocycles. The molecule has 0 aliphatic carbocycles. The van der Waals surface area contributed by atoms with E-state index in [2.05, 4.69) is 25.5 Å². The first-order valence-corrected chi connectivity index (χ1v) is 7.40. The van der Waals surface area contributed by atoms with Crippen molar-refractivity contribution in [3.05, 3.63) is 0 Å². The van der Waals surface area contributed by atoms with E-state index < -0.39 is 31.0 Å². The largest absolute Gasteiger partial charge is 0.394 e. The van der Waals surface area contributed by atoms with Crippen molar-refractivity contribution < 1.29 is 25.5 Å². The van der Waals surface area contributed by atoms with Crippen LogP contribution < -0.4 is 15.2 Å². The molecule has 0 bridgehead atoms. The Kier molecular flexibility index (Phi) is 7.86. The third kappa shape index (κ3) is 6.03. The number of hydrazone groups is 1. The molecule has 1 heterocycles. The molecule has 142 valence electrons. The molecular weight excluding hydrogens is 334 g/mol. The lowest BCUT2D eigenvalue weighted by atomic mass is 10.0. The van der Waals surface area contributed by atoms with Crippen LogP contribution in [0.2, 0.25) is 0 Å². The zero-order chi connectivity index (χ0) is 19.1. The number of aliphatic hydroxyl groups excluding tert-OH is 5. The van der Waals surface area contributed by atoms with Gasteiger partial charge in [-0.1, -0.05) is 0 Å². The smallest absolute Gasteiger partial charge is 0.250 e. The molecule has 4 unspecified atom stereocenters. The van der Waals surface area contributed by atoms with E-state index in [-0.39, 0.29) is 5.95 Å². The molecular formula is C13H25N7O5. The molecule has 1 rings (SSSR count). The van der Waals surface area contributed by atoms with Gasteiger partial charge in [0.05, 0.1) is 12.8 Å². The van der Waals surface area contributed by atoms with Crippen molar-refractivity contribution in [2.75, 3.05) is 50.0 Å². The van der Waals surface area contributed by atoms with Crippen LogP contribution in [0.1, 0.15) is 0 Å².